The number of carboxylic acid groups (broad SMARTS) is 1. The largest absolute Gasteiger partial charge is 1.00 e. The fraction of sp³-hybridized carbons (Fsp3) is 0.427. The number of nitrogens with zero attached hydrogens (tertiary/aromatic N) is 8. The molecule has 3 N–H and O–H groups in total. The van der Waals surface area contributed by atoms with Gasteiger partial charge in [0.25, 0.3) is 5.91 Å². The number of carboxylic acids is 1. The Bertz CT molecular complexity index is 5580. The molecule has 29 heteroatoms. The van der Waals surface area contributed by atoms with E-state index in [1.807, 2.05) is 77.3 Å². The number of aromatic carboxylic acids is 1. The number of likely N-dealkylation sites (tertiary alicyclic amines) is 1. The molecule has 3 aromatic heterocycles. The van der Waals surface area contributed by atoms with Crippen LogP contribution in [-0.4, -0.2) is 157 Å². The summed E-state index contributed by atoms with van der Waals surface area (Å²) < 4.78 is 137. The van der Waals surface area contributed by atoms with Gasteiger partial charge in [-0.1, -0.05) is 74.7 Å². The number of carbonyl (C=O) groups is 5. The number of aromatic nitrogens is 3. The number of hydrogen-bond acceptors (Lipinski definition) is 13. The van der Waals surface area contributed by atoms with Crippen molar-refractivity contribution in [3.05, 3.63) is 252 Å². The quantitative estimate of drug-likeness (QED) is 0.0477. The van der Waals surface area contributed by atoms with Gasteiger partial charge >= 0.3 is 61.4 Å². The van der Waals surface area contributed by atoms with E-state index in [4.69, 9.17) is 14.2 Å². The van der Waals surface area contributed by atoms with E-state index < -0.39 is 46.8 Å². The number of benzene rings is 7. The molecule has 7 aromatic carbocycles. The minimum absolute atomic E-state index is 0. The van der Waals surface area contributed by atoms with Gasteiger partial charge < -0.3 is 53.6 Å². The van der Waals surface area contributed by atoms with E-state index >= 15 is 0 Å². The maximum absolute atomic E-state index is 13.3. The number of alkyl halides is 9. The van der Waals surface area contributed by atoms with E-state index in [1.54, 1.807) is 41.3 Å². The average molecular weight is 1730 g/mol. The molecule has 7 aliphatic rings. The molecule has 0 unspecified atom stereocenters. The maximum Gasteiger partial charge on any atom is 1.00 e. The second-order valence-electron chi connectivity index (χ2n) is 34.2. The van der Waals surface area contributed by atoms with Crippen molar-refractivity contribution in [2.24, 2.45) is 27.1 Å². The minimum Gasteiger partial charge on any atom is -0.870 e. The van der Waals surface area contributed by atoms with Crippen molar-refractivity contribution >= 4 is 68.2 Å². The third-order valence-corrected chi connectivity index (χ3v) is 25.0. The van der Waals surface area contributed by atoms with Crippen molar-refractivity contribution in [2.75, 3.05) is 66.6 Å². The molecular formula is C96H109F9LiN9O10. The molecule has 2 amide bonds. The van der Waals surface area contributed by atoms with Gasteiger partial charge in [-0.05, 0) is 218 Å². The standard InChI is InChI=1S/C33H41F3N4O.C22H21F3N2O2.C21H19F3N2O2.C19H23NO4.CH4.Li.H2O/c1-38-30-12-9-25(32(41)37-27-13-16-39(17-14-27)20-23-5-3-2-4-6-23)19-28(30)29-22-40(18-15-31(29)38)21-24-7-10-26(11-8-24)33(34,35)36;1-26-19-8-5-15(21(28)29-2)11-17(19)18-13-27(10-9-20(18)26)12-14-3-6-16(7-4-14)22(23,24)25;1-25-18-7-4-14(20(27)28)10-16(18)17-12-26(9-8-19(17)25)11-13-2-5-15(6-3-13)21(22,23)24;1-19(2,3)24-18(22)20-8-7-13-9-12-5-6-14(17(21)23-4)10-15(12)16(13)11-20;;;/h7-12,19,23,27H,2-6,13-18,20-22H2,1H3,(H,37,41);3-8,11H,9-10,12-13H2,1-2H3;2-7,10H,8-9,11-12H2,1H3,(H,27,28);5-6,10H,7-9,11H2,1-4H3;1H4;;1H2/q;;;;;+1;/p-1. The van der Waals surface area contributed by atoms with Crippen LogP contribution >= 0.6 is 0 Å². The zero-order chi connectivity index (χ0) is 86.9. The molecule has 0 bridgehead atoms. The molecule has 8 heterocycles. The molecule has 10 aromatic rings. The van der Waals surface area contributed by atoms with Crippen molar-refractivity contribution < 1.29 is 107 Å². The number of halogens is 9. The third-order valence-electron chi connectivity index (χ3n) is 25.0. The summed E-state index contributed by atoms with van der Waals surface area (Å²) in [5.41, 5.74) is 17.2. The molecule has 1 saturated heterocycles. The smallest absolute Gasteiger partial charge is 0.870 e. The van der Waals surface area contributed by atoms with Crippen LogP contribution in [0.5, 0.6) is 0 Å². The van der Waals surface area contributed by atoms with Gasteiger partial charge in [0, 0.05) is 193 Å². The average Bonchev–Trinajstić information content (AvgIpc) is 1.61. The van der Waals surface area contributed by atoms with Crippen LogP contribution in [0.25, 0.3) is 38.3 Å². The summed E-state index contributed by atoms with van der Waals surface area (Å²) in [7, 11) is 8.81. The first-order valence-corrected chi connectivity index (χ1v) is 41.8. The molecule has 1 saturated carbocycles. The van der Waals surface area contributed by atoms with Crippen LogP contribution in [0.3, 0.4) is 0 Å². The molecule has 125 heavy (non-hydrogen) atoms. The van der Waals surface area contributed by atoms with Crippen LogP contribution in [0.2, 0.25) is 0 Å². The predicted molar refractivity (Wildman–Crippen MR) is 458 cm³/mol. The second-order valence-corrected chi connectivity index (χ2v) is 34.2. The van der Waals surface area contributed by atoms with Gasteiger partial charge in [0.1, 0.15) is 5.60 Å². The van der Waals surface area contributed by atoms with Crippen LogP contribution in [0.1, 0.15) is 199 Å². The molecule has 2 aliphatic carbocycles. The Labute approximate surface area is 734 Å². The van der Waals surface area contributed by atoms with Gasteiger partial charge in [0.2, 0.25) is 0 Å². The first-order chi connectivity index (χ1) is 58.0. The third kappa shape index (κ3) is 22.3. The number of ether oxygens (including phenoxy) is 3. The fourth-order valence-corrected chi connectivity index (χ4v) is 18.5. The van der Waals surface area contributed by atoms with Crippen molar-refractivity contribution in [1.82, 2.24) is 43.5 Å². The SMILES string of the molecule is C.COC(=O)c1ccc2c(c1)C1=C(CCN(C(=O)OC(C)(C)C)C1)C2.COC(=O)c1ccc2c(c1)c1c(n2C)CCN(Cc2ccc(C(F)(F)F)cc2)C1.Cn1c2c(c3cc(C(=O)NC4CCN(CC5CCCCC5)CC4)ccc31)CN(Cc1ccc(C(F)(F)F)cc1)CC2.Cn1c2c(c3cc(C(=O)O)ccc31)CN(Cc1ccc(C(F)(F)F)cc1)CC2.[Li+].[OH-]. The molecule has 19 nitrogen and oxygen atoms in total. The van der Waals surface area contributed by atoms with Gasteiger partial charge in [-0.15, -0.1) is 0 Å². The normalized spacial score (nSPS) is 16.5. The summed E-state index contributed by atoms with van der Waals surface area (Å²) in [5, 5.41) is 15.6. The first kappa shape index (κ1) is 95.5. The summed E-state index contributed by atoms with van der Waals surface area (Å²) in [6, 6.07) is 38.7. The molecule has 0 radical (unpaired) electrons. The number of hydrogen-bond donors (Lipinski definition) is 2. The predicted octanol–water partition coefficient (Wildman–Crippen LogP) is 16.4. The van der Waals surface area contributed by atoms with Crippen molar-refractivity contribution in [3.8, 4) is 0 Å². The Balaban J connectivity index is 0.000000164. The van der Waals surface area contributed by atoms with Crippen molar-refractivity contribution in [3.63, 3.8) is 0 Å². The molecular weight excluding hydrogens is 1620 g/mol. The van der Waals surface area contributed by atoms with Crippen LogP contribution in [0.15, 0.2) is 151 Å². The maximum atomic E-state index is 13.3. The van der Waals surface area contributed by atoms with Crippen molar-refractivity contribution in [1.29, 1.82) is 0 Å². The molecule has 5 aliphatic heterocycles. The molecule has 0 spiro atoms. The Morgan fingerprint density at radius 3 is 1.26 bits per heavy atom. The number of fused-ring (bicyclic) bond motifs is 11. The first-order valence-electron chi connectivity index (χ1n) is 41.8. The summed E-state index contributed by atoms with van der Waals surface area (Å²) in [6.07, 6.45) is -0.113. The summed E-state index contributed by atoms with van der Waals surface area (Å²) in [6.45, 7) is 16.3. The van der Waals surface area contributed by atoms with Crippen LogP contribution in [-0.2, 0) is 119 Å². The molecule has 0 atom stereocenters. The van der Waals surface area contributed by atoms with E-state index in [-0.39, 0.29) is 67.3 Å². The summed E-state index contributed by atoms with van der Waals surface area (Å²) in [5.74, 6) is -0.831. The van der Waals surface area contributed by atoms with Gasteiger partial charge in [-0.2, -0.15) is 39.5 Å². The summed E-state index contributed by atoms with van der Waals surface area (Å²) in [4.78, 5) is 71.7. The Morgan fingerprint density at radius 2 is 0.856 bits per heavy atom. The Hall–Kier alpha value is -10.2. The van der Waals surface area contributed by atoms with E-state index in [0.29, 0.717) is 69.0 Å². The zero-order valence-electron chi connectivity index (χ0n) is 71.5. The van der Waals surface area contributed by atoms with Gasteiger partial charge in [-0.25, -0.2) is 19.2 Å². The van der Waals surface area contributed by atoms with Crippen LogP contribution in [0.4, 0.5) is 44.3 Å². The van der Waals surface area contributed by atoms with E-state index in [2.05, 4.69) is 51.7 Å². The number of amides is 2. The number of carbonyl (C=O) groups excluding carboxylic acids is 4. The van der Waals surface area contributed by atoms with E-state index in [0.717, 1.165) is 192 Å². The number of esters is 2. The van der Waals surface area contributed by atoms with Crippen molar-refractivity contribution in [2.45, 2.75) is 175 Å². The number of nitrogens with one attached hydrogen (secondary N) is 1. The molecule has 2 fully saturated rings. The van der Waals surface area contributed by atoms with Crippen LogP contribution in [0, 0.1) is 5.92 Å². The number of rotatable bonds is 13. The fourth-order valence-electron chi connectivity index (χ4n) is 18.5. The van der Waals surface area contributed by atoms with Crippen LogP contribution < -0.4 is 24.2 Å². The van der Waals surface area contributed by atoms with Gasteiger partial charge in [0.15, 0.2) is 0 Å². The van der Waals surface area contributed by atoms with Gasteiger partial charge in [0.05, 0.1) is 47.6 Å². The molecule has 17 rings (SSSR count). The van der Waals surface area contributed by atoms with Gasteiger partial charge in [-0.3, -0.25) is 19.5 Å². The number of aryl methyl sites for hydroxylation is 3. The second kappa shape index (κ2) is 39.8. The number of piperidine rings is 1. The Kier molecular flexibility index (Phi) is 30.4. The topological polar surface area (TPSA) is 206 Å². The molecule has 662 valence electrons. The zero-order valence-corrected chi connectivity index (χ0v) is 71.5. The van der Waals surface area contributed by atoms with E-state index in [1.165, 1.54) is 111 Å². The Morgan fingerprint density at radius 1 is 0.464 bits per heavy atom. The number of methoxy groups -OCH3 is 2. The van der Waals surface area contributed by atoms with E-state index in [9.17, 15) is 68.6 Å². The monoisotopic (exact) mass is 1730 g/mol. The summed E-state index contributed by atoms with van der Waals surface area (Å²) >= 11 is 0. The minimum atomic E-state index is -4.33.